The topological polar surface area (TPSA) is 308 Å². The first-order chi connectivity index (χ1) is 19.8. The van der Waals surface area contributed by atoms with E-state index in [0.717, 1.165) is 24.3 Å². The standard InChI is InChI=1S/C23H32N2O17/c26-6-12(30)16(32)19-15(24-14(31)8-28)11(29)5-23(41-19,22(35)36)42-20-17(33)13(7-27)40-21(18(20)34)39-10-3-1-9(2-4-10)25(37)38/h1-4,11-13,15-21,26-30,32-34H,5-8H2,(H,24,31)(H,35,36)/t11-,12-,13?,15-,16-,17+,18?,19?,20?,21-,23+/m1/s1. The Labute approximate surface area is 236 Å². The van der Waals surface area contributed by atoms with Crippen LogP contribution >= 0.6 is 0 Å². The fourth-order valence-corrected chi connectivity index (χ4v) is 4.54. The van der Waals surface area contributed by atoms with Crippen LogP contribution in [0.3, 0.4) is 0 Å². The lowest BCUT2D eigenvalue weighted by Gasteiger charge is -2.49. The summed E-state index contributed by atoms with van der Waals surface area (Å²) in [6.45, 7) is -3.03. The van der Waals surface area contributed by atoms with Crippen LogP contribution in [0.25, 0.3) is 0 Å². The number of aliphatic hydroxyl groups is 8. The SMILES string of the molecule is O=C(CO)N[C@H]1C([C@H](O)[C@H](O)CO)O[C@@](OC2C(O)[C@H](Oc3ccc([N+](=O)[O-])cc3)OC(CO)[C@@H]2O)(C(=O)O)C[C@H]1O. The monoisotopic (exact) mass is 608 g/mol. The van der Waals surface area contributed by atoms with Gasteiger partial charge in [-0.3, -0.25) is 14.9 Å². The van der Waals surface area contributed by atoms with Gasteiger partial charge >= 0.3 is 5.97 Å². The molecule has 4 unspecified atom stereocenters. The number of nitro benzene ring substituents is 1. The van der Waals surface area contributed by atoms with E-state index in [0.29, 0.717) is 0 Å². The number of aliphatic hydroxyl groups excluding tert-OH is 8. The van der Waals surface area contributed by atoms with Crippen LogP contribution in [-0.4, -0.2) is 150 Å². The van der Waals surface area contributed by atoms with E-state index >= 15 is 0 Å². The number of nitrogens with zero attached hydrogens (tertiary/aromatic N) is 1. The summed E-state index contributed by atoms with van der Waals surface area (Å²) in [7, 11) is 0. The minimum absolute atomic E-state index is 0.0718. The quantitative estimate of drug-likeness (QED) is 0.0783. The van der Waals surface area contributed by atoms with Gasteiger partial charge in [-0.1, -0.05) is 0 Å². The average molecular weight is 609 g/mol. The molecule has 2 aliphatic heterocycles. The second-order valence-electron chi connectivity index (χ2n) is 9.56. The van der Waals surface area contributed by atoms with Crippen molar-refractivity contribution < 1.29 is 79.4 Å². The molecule has 1 amide bonds. The Morgan fingerprint density at radius 3 is 2.29 bits per heavy atom. The number of nitrogens with one attached hydrogen (secondary N) is 1. The molecular formula is C23H32N2O17. The van der Waals surface area contributed by atoms with Crippen LogP contribution < -0.4 is 10.1 Å². The van der Waals surface area contributed by atoms with E-state index in [1.807, 2.05) is 0 Å². The van der Waals surface area contributed by atoms with E-state index < -0.39 is 110 Å². The third-order valence-electron chi connectivity index (χ3n) is 6.74. The lowest BCUT2D eigenvalue weighted by molar-refractivity contribution is -0.384. The van der Waals surface area contributed by atoms with Crippen LogP contribution in [0.2, 0.25) is 0 Å². The Kier molecular flexibility index (Phi) is 11.1. The van der Waals surface area contributed by atoms with Crippen molar-refractivity contribution in [3.05, 3.63) is 34.4 Å². The van der Waals surface area contributed by atoms with Crippen LogP contribution in [0.1, 0.15) is 6.42 Å². The molecule has 0 bridgehead atoms. The largest absolute Gasteiger partial charge is 0.477 e. The van der Waals surface area contributed by atoms with Gasteiger partial charge < -0.3 is 70.2 Å². The molecule has 2 saturated heterocycles. The van der Waals surface area contributed by atoms with Gasteiger partial charge in [0, 0.05) is 18.6 Å². The smallest absolute Gasteiger partial charge is 0.364 e. The predicted molar refractivity (Wildman–Crippen MR) is 130 cm³/mol. The zero-order valence-electron chi connectivity index (χ0n) is 21.6. The second-order valence-corrected chi connectivity index (χ2v) is 9.56. The van der Waals surface area contributed by atoms with Crippen molar-refractivity contribution in [3.8, 4) is 5.75 Å². The maximum Gasteiger partial charge on any atom is 0.364 e. The summed E-state index contributed by atoms with van der Waals surface area (Å²) in [6, 6.07) is 2.81. The lowest BCUT2D eigenvalue weighted by atomic mass is 9.88. The van der Waals surface area contributed by atoms with Crippen molar-refractivity contribution in [1.29, 1.82) is 0 Å². The van der Waals surface area contributed by atoms with E-state index in [1.165, 1.54) is 0 Å². The predicted octanol–water partition coefficient (Wildman–Crippen LogP) is -5.08. The van der Waals surface area contributed by atoms with Crippen LogP contribution in [0.5, 0.6) is 5.75 Å². The minimum atomic E-state index is -3.00. The number of hydrogen-bond acceptors (Lipinski definition) is 16. The Balaban J connectivity index is 1.94. The molecule has 0 spiro atoms. The number of non-ortho nitro benzene ring substituents is 1. The first-order valence-electron chi connectivity index (χ1n) is 12.5. The van der Waals surface area contributed by atoms with Crippen molar-refractivity contribution in [2.24, 2.45) is 0 Å². The third kappa shape index (κ3) is 7.10. The maximum atomic E-state index is 12.5. The van der Waals surface area contributed by atoms with Crippen LogP contribution in [0, 0.1) is 10.1 Å². The van der Waals surface area contributed by atoms with Gasteiger partial charge in [0.1, 0.15) is 55.1 Å². The summed E-state index contributed by atoms with van der Waals surface area (Å²) < 4.78 is 21.9. The molecule has 1 aromatic carbocycles. The second kappa shape index (κ2) is 13.9. The van der Waals surface area contributed by atoms with Gasteiger partial charge in [0.15, 0.2) is 0 Å². The van der Waals surface area contributed by atoms with Crippen molar-refractivity contribution in [3.63, 3.8) is 0 Å². The Morgan fingerprint density at radius 2 is 1.76 bits per heavy atom. The van der Waals surface area contributed by atoms with Gasteiger partial charge in [-0.25, -0.2) is 4.79 Å². The number of carboxylic acids is 1. The first kappa shape index (κ1) is 33.4. The van der Waals surface area contributed by atoms with E-state index in [4.69, 9.17) is 24.1 Å². The third-order valence-corrected chi connectivity index (χ3v) is 6.74. The molecule has 2 fully saturated rings. The molecule has 3 rings (SSSR count). The molecule has 10 N–H and O–H groups in total. The van der Waals surface area contributed by atoms with Crippen LogP contribution in [-0.2, 0) is 23.8 Å². The summed E-state index contributed by atoms with van der Waals surface area (Å²) >= 11 is 0. The average Bonchev–Trinajstić information content (AvgIpc) is 2.97. The lowest BCUT2D eigenvalue weighted by Crippen LogP contribution is -2.70. The van der Waals surface area contributed by atoms with E-state index in [1.54, 1.807) is 0 Å². The van der Waals surface area contributed by atoms with Gasteiger partial charge in [0.05, 0.1) is 30.3 Å². The molecule has 0 saturated carbocycles. The van der Waals surface area contributed by atoms with Gasteiger partial charge in [-0.2, -0.15) is 0 Å². The highest BCUT2D eigenvalue weighted by Gasteiger charge is 2.59. The van der Waals surface area contributed by atoms with Gasteiger partial charge in [-0.15, -0.1) is 0 Å². The molecule has 0 aromatic heterocycles. The Bertz CT molecular complexity index is 1090. The summed E-state index contributed by atoms with van der Waals surface area (Å²) in [4.78, 5) is 34.5. The van der Waals surface area contributed by atoms with Crippen molar-refractivity contribution in [2.45, 2.75) is 73.4 Å². The molecule has 19 nitrogen and oxygen atoms in total. The summed E-state index contributed by atoms with van der Waals surface area (Å²) in [5, 5.41) is 104. The molecule has 0 aliphatic carbocycles. The maximum absolute atomic E-state index is 12.5. The minimum Gasteiger partial charge on any atom is -0.477 e. The highest BCUT2D eigenvalue weighted by molar-refractivity contribution is 5.78. The number of amides is 1. The van der Waals surface area contributed by atoms with Crippen molar-refractivity contribution in [2.75, 3.05) is 19.8 Å². The normalized spacial score (nSPS) is 34.7. The number of carbonyl (C=O) groups excluding carboxylic acids is 1. The summed E-state index contributed by atoms with van der Waals surface area (Å²) in [5.74, 6) is -6.10. The molecule has 0 radical (unpaired) electrons. The van der Waals surface area contributed by atoms with Gasteiger partial charge in [0.2, 0.25) is 12.2 Å². The molecule has 2 heterocycles. The van der Waals surface area contributed by atoms with Crippen molar-refractivity contribution >= 4 is 17.6 Å². The molecular weight excluding hydrogens is 576 g/mol. The number of rotatable bonds is 12. The first-order valence-corrected chi connectivity index (χ1v) is 12.5. The number of ether oxygens (including phenoxy) is 4. The van der Waals surface area contributed by atoms with Gasteiger partial charge in [-0.05, 0) is 12.1 Å². The van der Waals surface area contributed by atoms with E-state index in [-0.39, 0.29) is 11.4 Å². The number of nitro groups is 1. The van der Waals surface area contributed by atoms with E-state index in [2.05, 4.69) is 5.32 Å². The zero-order chi connectivity index (χ0) is 31.4. The number of carbonyl (C=O) groups is 2. The fourth-order valence-electron chi connectivity index (χ4n) is 4.54. The zero-order valence-corrected chi connectivity index (χ0v) is 21.6. The number of carboxylic acid groups (broad SMARTS) is 1. The molecule has 11 atom stereocenters. The van der Waals surface area contributed by atoms with Crippen LogP contribution in [0.4, 0.5) is 5.69 Å². The summed E-state index contributed by atoms with van der Waals surface area (Å²) in [6.07, 6.45) is -18.3. The molecule has 42 heavy (non-hydrogen) atoms. The molecule has 2 aliphatic rings. The molecule has 19 heteroatoms. The summed E-state index contributed by atoms with van der Waals surface area (Å²) in [5.41, 5.74) is -0.287. The number of hydrogen-bond donors (Lipinski definition) is 10. The number of aliphatic carboxylic acids is 1. The number of benzene rings is 1. The van der Waals surface area contributed by atoms with Crippen LogP contribution in [0.15, 0.2) is 24.3 Å². The Morgan fingerprint density at radius 1 is 1.12 bits per heavy atom. The van der Waals surface area contributed by atoms with E-state index in [9.17, 15) is 60.6 Å². The fraction of sp³-hybridized carbons (Fsp3) is 0.652. The highest BCUT2D eigenvalue weighted by Crippen LogP contribution is 2.37. The molecule has 1 aromatic rings. The molecule has 236 valence electrons. The van der Waals surface area contributed by atoms with Crippen molar-refractivity contribution in [1.82, 2.24) is 5.32 Å². The Hall–Kier alpha value is -3.08. The highest BCUT2D eigenvalue weighted by atomic mass is 16.8. The van der Waals surface area contributed by atoms with Gasteiger partial charge in [0.25, 0.3) is 11.5 Å².